The van der Waals surface area contributed by atoms with Crippen molar-refractivity contribution >= 4 is 28.6 Å². The summed E-state index contributed by atoms with van der Waals surface area (Å²) in [7, 11) is 1.62. The van der Waals surface area contributed by atoms with Gasteiger partial charge in [0, 0.05) is 47.4 Å². The Morgan fingerprint density at radius 2 is 2.03 bits per heavy atom. The van der Waals surface area contributed by atoms with Crippen molar-refractivity contribution in [2.24, 2.45) is 17.6 Å². The number of halogens is 2. The van der Waals surface area contributed by atoms with Crippen LogP contribution in [0.15, 0.2) is 53.6 Å². The zero-order chi connectivity index (χ0) is 25.7. The number of carbonyl (C=O) groups is 1. The molecule has 3 aromatic rings. The summed E-state index contributed by atoms with van der Waals surface area (Å²) >= 11 is 1.37. The standard InChI is InChI=1S/C27H31F2N3O3S/c1-35-20-3-5-26-23(15-20)22(6-8-31-26)25(30)4-2-17-7-9-32(16-24(17)27(33)34)10-11-36-21-13-18(28)12-19(29)14-21/h3,5-6,8,12-15,17,24-25H,2,4,7,9-11,16,30H2,1H3,(H,33,34)/t17-,24+,25+/m1/s1. The van der Waals surface area contributed by atoms with E-state index in [1.54, 1.807) is 13.3 Å². The third-order valence-electron chi connectivity index (χ3n) is 6.90. The highest BCUT2D eigenvalue weighted by Crippen LogP contribution is 2.33. The number of pyridine rings is 1. The number of nitrogens with zero attached hydrogens (tertiary/aromatic N) is 2. The van der Waals surface area contributed by atoms with Gasteiger partial charge in [0.05, 0.1) is 18.5 Å². The summed E-state index contributed by atoms with van der Waals surface area (Å²) in [5, 5.41) is 10.9. The monoisotopic (exact) mass is 515 g/mol. The van der Waals surface area contributed by atoms with Crippen LogP contribution in [-0.2, 0) is 4.79 Å². The normalized spacial score (nSPS) is 19.3. The Kier molecular flexibility index (Phi) is 8.77. The van der Waals surface area contributed by atoms with Gasteiger partial charge in [-0.25, -0.2) is 8.78 Å². The first kappa shape index (κ1) is 26.3. The number of benzene rings is 2. The Morgan fingerprint density at radius 1 is 1.25 bits per heavy atom. The van der Waals surface area contributed by atoms with Gasteiger partial charge in [-0.15, -0.1) is 11.8 Å². The summed E-state index contributed by atoms with van der Waals surface area (Å²) in [6, 6.07) is 10.9. The van der Waals surface area contributed by atoms with Crippen molar-refractivity contribution in [3.63, 3.8) is 0 Å². The minimum absolute atomic E-state index is 0.0393. The van der Waals surface area contributed by atoms with Crippen molar-refractivity contribution in [3.8, 4) is 5.75 Å². The lowest BCUT2D eigenvalue weighted by atomic mass is 9.81. The number of piperidine rings is 1. The van der Waals surface area contributed by atoms with Gasteiger partial charge in [0.2, 0.25) is 0 Å². The van der Waals surface area contributed by atoms with Gasteiger partial charge in [-0.1, -0.05) is 0 Å². The molecular formula is C27H31F2N3O3S. The van der Waals surface area contributed by atoms with E-state index in [4.69, 9.17) is 10.5 Å². The molecule has 36 heavy (non-hydrogen) atoms. The molecule has 2 aromatic carbocycles. The molecular weight excluding hydrogens is 484 g/mol. The van der Waals surface area contributed by atoms with Gasteiger partial charge in [-0.3, -0.25) is 9.78 Å². The molecule has 0 radical (unpaired) electrons. The molecule has 3 atom stereocenters. The molecule has 9 heteroatoms. The number of fused-ring (bicyclic) bond motifs is 1. The van der Waals surface area contributed by atoms with Crippen molar-refractivity contribution in [2.45, 2.75) is 30.2 Å². The molecule has 0 bridgehead atoms. The lowest BCUT2D eigenvalue weighted by molar-refractivity contribution is -0.146. The summed E-state index contributed by atoms with van der Waals surface area (Å²) in [6.45, 7) is 1.91. The van der Waals surface area contributed by atoms with Crippen LogP contribution in [0.1, 0.15) is 30.9 Å². The highest BCUT2D eigenvalue weighted by Gasteiger charge is 2.34. The van der Waals surface area contributed by atoms with Crippen molar-refractivity contribution in [1.29, 1.82) is 0 Å². The van der Waals surface area contributed by atoms with Gasteiger partial charge < -0.3 is 20.5 Å². The number of nitrogens with two attached hydrogens (primary N) is 1. The van der Waals surface area contributed by atoms with Crippen LogP contribution in [-0.4, -0.2) is 53.5 Å². The molecule has 1 aliphatic rings. The lowest BCUT2D eigenvalue weighted by Gasteiger charge is -2.37. The predicted octanol–water partition coefficient (Wildman–Crippen LogP) is 5.12. The molecule has 3 N–H and O–H groups in total. The summed E-state index contributed by atoms with van der Waals surface area (Å²) < 4.78 is 32.1. The maximum atomic E-state index is 13.4. The molecule has 1 aromatic heterocycles. The highest BCUT2D eigenvalue weighted by atomic mass is 32.2. The Balaban J connectivity index is 1.33. The van der Waals surface area contributed by atoms with Crippen LogP contribution in [0.3, 0.4) is 0 Å². The minimum Gasteiger partial charge on any atom is -0.497 e. The molecule has 1 saturated heterocycles. The van der Waals surface area contributed by atoms with E-state index >= 15 is 0 Å². The number of hydrogen-bond acceptors (Lipinski definition) is 6. The molecule has 0 aliphatic carbocycles. The van der Waals surface area contributed by atoms with Gasteiger partial charge in [0.15, 0.2) is 0 Å². The second kappa shape index (κ2) is 12.0. The number of thioether (sulfide) groups is 1. The third kappa shape index (κ3) is 6.52. The smallest absolute Gasteiger partial charge is 0.308 e. The van der Waals surface area contributed by atoms with E-state index in [1.165, 1.54) is 23.9 Å². The molecule has 6 nitrogen and oxygen atoms in total. The van der Waals surface area contributed by atoms with Crippen LogP contribution in [0.4, 0.5) is 8.78 Å². The molecule has 192 valence electrons. The summed E-state index contributed by atoms with van der Waals surface area (Å²) in [6.07, 6.45) is 3.91. The van der Waals surface area contributed by atoms with Crippen LogP contribution in [0, 0.1) is 23.5 Å². The van der Waals surface area contributed by atoms with E-state index in [0.29, 0.717) is 30.2 Å². The predicted molar refractivity (Wildman–Crippen MR) is 137 cm³/mol. The molecule has 0 spiro atoms. The number of methoxy groups -OCH3 is 1. The minimum atomic E-state index is -0.794. The largest absolute Gasteiger partial charge is 0.497 e. The molecule has 0 saturated carbocycles. The van der Waals surface area contributed by atoms with Crippen molar-refractivity contribution in [2.75, 3.05) is 32.5 Å². The van der Waals surface area contributed by atoms with Crippen molar-refractivity contribution < 1.29 is 23.4 Å². The molecule has 4 rings (SSSR count). The SMILES string of the molecule is COc1ccc2nccc([C@@H](N)CC[C@@H]3CCN(CCSc4cc(F)cc(F)c4)C[C@@H]3C(=O)O)c2c1. The van der Waals surface area contributed by atoms with E-state index in [9.17, 15) is 18.7 Å². The third-order valence-corrected chi connectivity index (χ3v) is 7.86. The summed E-state index contributed by atoms with van der Waals surface area (Å²) in [5.41, 5.74) is 8.41. The first-order valence-corrected chi connectivity index (χ1v) is 13.0. The fourth-order valence-electron chi connectivity index (χ4n) is 4.95. The lowest BCUT2D eigenvalue weighted by Crippen LogP contribution is -2.44. The van der Waals surface area contributed by atoms with Crippen molar-refractivity contribution in [1.82, 2.24) is 9.88 Å². The van der Waals surface area contributed by atoms with Crippen LogP contribution in [0.5, 0.6) is 5.75 Å². The van der Waals surface area contributed by atoms with Crippen molar-refractivity contribution in [3.05, 3.63) is 65.9 Å². The van der Waals surface area contributed by atoms with E-state index in [0.717, 1.165) is 47.7 Å². The van der Waals surface area contributed by atoms with E-state index in [1.807, 2.05) is 24.3 Å². The van der Waals surface area contributed by atoms with Gasteiger partial charge in [-0.05, 0) is 73.7 Å². The summed E-state index contributed by atoms with van der Waals surface area (Å²) in [5.74, 6) is -1.05. The first-order valence-electron chi connectivity index (χ1n) is 12.1. The van der Waals surface area contributed by atoms with Crippen LogP contribution >= 0.6 is 11.8 Å². The summed E-state index contributed by atoms with van der Waals surface area (Å²) in [4.78, 5) is 19.1. The number of aromatic nitrogens is 1. The van der Waals surface area contributed by atoms with Gasteiger partial charge in [-0.2, -0.15) is 0 Å². The number of rotatable bonds is 10. The van der Waals surface area contributed by atoms with Crippen LogP contribution in [0.2, 0.25) is 0 Å². The van der Waals surface area contributed by atoms with Crippen LogP contribution in [0.25, 0.3) is 10.9 Å². The van der Waals surface area contributed by atoms with E-state index < -0.39 is 23.5 Å². The quantitative estimate of drug-likeness (QED) is 0.363. The van der Waals surface area contributed by atoms with Crippen LogP contribution < -0.4 is 10.5 Å². The maximum absolute atomic E-state index is 13.4. The van der Waals surface area contributed by atoms with Gasteiger partial charge in [0.1, 0.15) is 17.4 Å². The van der Waals surface area contributed by atoms with Gasteiger partial charge in [0.25, 0.3) is 0 Å². The molecule has 0 unspecified atom stereocenters. The number of carboxylic acids is 1. The second-order valence-electron chi connectivity index (χ2n) is 9.21. The molecule has 2 heterocycles. The van der Waals surface area contributed by atoms with E-state index in [-0.39, 0.29) is 12.0 Å². The Hall–Kier alpha value is -2.75. The fraction of sp³-hybridized carbons (Fsp3) is 0.407. The molecule has 0 amide bonds. The number of likely N-dealkylation sites (tertiary alicyclic amines) is 1. The van der Waals surface area contributed by atoms with Gasteiger partial charge >= 0.3 is 5.97 Å². The fourth-order valence-corrected chi connectivity index (χ4v) is 5.92. The Labute approximate surface area is 213 Å². The number of ether oxygens (including phenoxy) is 1. The molecule has 1 aliphatic heterocycles. The second-order valence-corrected chi connectivity index (χ2v) is 10.4. The van der Waals surface area contributed by atoms with E-state index in [2.05, 4.69) is 9.88 Å². The first-order chi connectivity index (χ1) is 17.3. The highest BCUT2D eigenvalue weighted by molar-refractivity contribution is 7.99. The topological polar surface area (TPSA) is 88.7 Å². The Bertz CT molecular complexity index is 1190. The zero-order valence-corrected chi connectivity index (χ0v) is 21.0. The average Bonchev–Trinajstić information content (AvgIpc) is 2.86. The number of aliphatic carboxylic acids is 1. The average molecular weight is 516 g/mol. The Morgan fingerprint density at radius 3 is 2.75 bits per heavy atom. The maximum Gasteiger partial charge on any atom is 0.308 e. The number of carboxylic acid groups (broad SMARTS) is 1. The molecule has 1 fully saturated rings. The zero-order valence-electron chi connectivity index (χ0n) is 20.2. The number of hydrogen-bond donors (Lipinski definition) is 2.